The summed E-state index contributed by atoms with van der Waals surface area (Å²) in [7, 11) is -3.11. The molecule has 1 fully saturated rings. The number of nitrogens with zero attached hydrogens (tertiary/aromatic N) is 5. The molecule has 1 aromatic carbocycles. The first-order valence-corrected chi connectivity index (χ1v) is 14.5. The number of ether oxygens (including phenoxy) is 1. The van der Waals surface area contributed by atoms with Gasteiger partial charge >= 0.3 is 0 Å². The number of pyridine rings is 2. The molecule has 3 atom stereocenters. The Bertz CT molecular complexity index is 1720. The van der Waals surface area contributed by atoms with Crippen LogP contribution in [0.2, 0.25) is 10.0 Å². The number of benzene rings is 1. The van der Waals surface area contributed by atoms with E-state index < -0.39 is 21.9 Å². The molecule has 4 heterocycles. The third-order valence-corrected chi connectivity index (χ3v) is 8.33. The van der Waals surface area contributed by atoms with E-state index in [0.29, 0.717) is 40.1 Å². The van der Waals surface area contributed by atoms with E-state index in [0.717, 1.165) is 0 Å². The van der Waals surface area contributed by atoms with Crippen LogP contribution >= 0.6 is 23.2 Å². The summed E-state index contributed by atoms with van der Waals surface area (Å²) in [5.74, 6) is -0.340. The normalized spacial score (nSPS) is 18.0. The van der Waals surface area contributed by atoms with Crippen molar-refractivity contribution in [3.63, 3.8) is 0 Å². The molecule has 0 unspecified atom stereocenters. The van der Waals surface area contributed by atoms with Gasteiger partial charge in [-0.1, -0.05) is 23.2 Å². The second-order valence-electron chi connectivity index (χ2n) is 9.41. The fourth-order valence-electron chi connectivity index (χ4n) is 4.66. The van der Waals surface area contributed by atoms with Gasteiger partial charge in [0.25, 0.3) is 0 Å². The number of halogens is 3. The van der Waals surface area contributed by atoms with Crippen LogP contribution in [0.3, 0.4) is 0 Å². The number of hydrogen-bond donors (Lipinski definition) is 2. The van der Waals surface area contributed by atoms with E-state index in [4.69, 9.17) is 33.7 Å². The van der Waals surface area contributed by atoms with Crippen molar-refractivity contribution in [2.24, 2.45) is 11.7 Å². The molecule has 0 bridgehead atoms. The summed E-state index contributed by atoms with van der Waals surface area (Å²) < 4.78 is 43.9. The summed E-state index contributed by atoms with van der Waals surface area (Å²) in [6, 6.07) is 6.38. The Morgan fingerprint density at radius 2 is 2.00 bits per heavy atom. The molecule has 1 aliphatic heterocycles. The molecule has 0 saturated carbocycles. The van der Waals surface area contributed by atoms with E-state index in [2.05, 4.69) is 26.2 Å². The number of aromatic amines is 1. The Kier molecular flexibility index (Phi) is 7.11. The van der Waals surface area contributed by atoms with Crippen LogP contribution in [0.4, 0.5) is 10.2 Å². The SMILES string of the molecule is C[C@@H]1[C@@H](CS(C)(=O)=O)CN1c1ncc(-c2n[nH]c3cc(F)c(O[C@H](N)c4c(Cl)cncc4Cl)cc23)cc1C#N. The molecule has 10 nitrogen and oxygen atoms in total. The smallest absolute Gasteiger partial charge is 0.177 e. The van der Waals surface area contributed by atoms with Gasteiger partial charge < -0.3 is 9.64 Å². The molecule has 1 aliphatic rings. The lowest BCUT2D eigenvalue weighted by Gasteiger charge is -2.47. The molecule has 14 heteroatoms. The van der Waals surface area contributed by atoms with E-state index in [1.54, 1.807) is 12.3 Å². The van der Waals surface area contributed by atoms with Gasteiger partial charge in [0.05, 0.1) is 26.9 Å². The lowest BCUT2D eigenvalue weighted by atomic mass is 9.91. The van der Waals surface area contributed by atoms with E-state index in [-0.39, 0.29) is 39.1 Å². The molecule has 0 radical (unpaired) electrons. The molecule has 202 valence electrons. The van der Waals surface area contributed by atoms with Crippen molar-refractivity contribution in [3.05, 3.63) is 63.8 Å². The van der Waals surface area contributed by atoms with E-state index in [1.165, 1.54) is 30.8 Å². The van der Waals surface area contributed by atoms with Crippen molar-refractivity contribution in [1.29, 1.82) is 5.26 Å². The maximum Gasteiger partial charge on any atom is 0.177 e. The largest absolute Gasteiger partial charge is 0.468 e. The number of rotatable bonds is 7. The van der Waals surface area contributed by atoms with Crippen LogP contribution in [0.25, 0.3) is 22.2 Å². The van der Waals surface area contributed by atoms with Gasteiger partial charge in [0, 0.05) is 65.9 Å². The molecular weight excluding hydrogens is 568 g/mol. The fourth-order valence-corrected chi connectivity index (χ4v) is 6.41. The number of H-pyrrole nitrogens is 1. The lowest BCUT2D eigenvalue weighted by molar-refractivity contribution is 0.205. The fraction of sp³-hybridized carbons (Fsp3) is 0.280. The highest BCUT2D eigenvalue weighted by atomic mass is 35.5. The van der Waals surface area contributed by atoms with Crippen molar-refractivity contribution in [1.82, 2.24) is 20.2 Å². The third-order valence-electron chi connectivity index (χ3n) is 6.70. The summed E-state index contributed by atoms with van der Waals surface area (Å²) >= 11 is 12.3. The molecule has 0 aliphatic carbocycles. The van der Waals surface area contributed by atoms with Gasteiger partial charge in [0.1, 0.15) is 27.4 Å². The minimum atomic E-state index is -3.11. The number of fused-ring (bicyclic) bond motifs is 1. The minimum absolute atomic E-state index is 0.0418. The second-order valence-corrected chi connectivity index (χ2v) is 12.4. The van der Waals surface area contributed by atoms with Gasteiger partial charge in [-0.15, -0.1) is 0 Å². The van der Waals surface area contributed by atoms with Crippen molar-refractivity contribution < 1.29 is 17.5 Å². The predicted molar refractivity (Wildman–Crippen MR) is 146 cm³/mol. The molecule has 0 amide bonds. The van der Waals surface area contributed by atoms with E-state index in [1.807, 2.05) is 11.8 Å². The number of nitrogens with one attached hydrogen (secondary N) is 1. The highest BCUT2D eigenvalue weighted by Crippen LogP contribution is 2.37. The van der Waals surface area contributed by atoms with Crippen molar-refractivity contribution in [2.75, 3.05) is 23.5 Å². The number of nitrogens with two attached hydrogens (primary N) is 1. The number of sulfone groups is 1. The van der Waals surface area contributed by atoms with Gasteiger partial charge in [0.2, 0.25) is 0 Å². The molecule has 3 N–H and O–H groups in total. The van der Waals surface area contributed by atoms with Crippen LogP contribution in [0.5, 0.6) is 5.75 Å². The van der Waals surface area contributed by atoms with Gasteiger partial charge in [0.15, 0.2) is 17.8 Å². The van der Waals surface area contributed by atoms with E-state index in [9.17, 15) is 18.1 Å². The quantitative estimate of drug-likeness (QED) is 0.301. The zero-order valence-electron chi connectivity index (χ0n) is 20.7. The van der Waals surface area contributed by atoms with Gasteiger partial charge in [-0.05, 0) is 19.1 Å². The zero-order valence-corrected chi connectivity index (χ0v) is 23.0. The topological polar surface area (TPSA) is 151 Å². The Hall–Kier alpha value is -3.50. The van der Waals surface area contributed by atoms with Crippen molar-refractivity contribution in [2.45, 2.75) is 19.2 Å². The Morgan fingerprint density at radius 3 is 2.64 bits per heavy atom. The average molecular weight is 590 g/mol. The molecule has 1 saturated heterocycles. The van der Waals surface area contributed by atoms with E-state index >= 15 is 0 Å². The highest BCUT2D eigenvalue weighted by Gasteiger charge is 2.39. The van der Waals surface area contributed by atoms with Crippen LogP contribution in [0.1, 0.15) is 24.3 Å². The molecule has 39 heavy (non-hydrogen) atoms. The second kappa shape index (κ2) is 10.2. The Labute approximate surface area is 233 Å². The first kappa shape index (κ1) is 27.1. The minimum Gasteiger partial charge on any atom is -0.468 e. The summed E-state index contributed by atoms with van der Waals surface area (Å²) in [6.45, 7) is 2.39. The Morgan fingerprint density at radius 1 is 1.28 bits per heavy atom. The maximum atomic E-state index is 14.9. The van der Waals surface area contributed by atoms with Crippen LogP contribution in [0.15, 0.2) is 36.8 Å². The summed E-state index contributed by atoms with van der Waals surface area (Å²) in [5, 5.41) is 17.8. The van der Waals surface area contributed by atoms with Gasteiger partial charge in [-0.3, -0.25) is 15.8 Å². The summed E-state index contributed by atoms with van der Waals surface area (Å²) in [5.41, 5.74) is 8.03. The summed E-state index contributed by atoms with van der Waals surface area (Å²) in [4.78, 5) is 10.3. The maximum absolute atomic E-state index is 14.9. The molecule has 3 aromatic heterocycles. The Balaban J connectivity index is 1.45. The van der Waals surface area contributed by atoms with Crippen LogP contribution < -0.4 is 15.4 Å². The lowest BCUT2D eigenvalue weighted by Crippen LogP contribution is -2.57. The standard InChI is InChI=1S/C25H22Cl2FN7O3S/c1-12-15(11-39(2,36)37)10-35(12)25-13(6-29)3-14(7-32-25)23-16-4-21(19(28)5-20(16)33-34-23)38-24(30)22-17(26)8-31-9-18(22)27/h3-5,7-9,12,15,24H,10-11,30H2,1-2H3,(H,33,34)/t12-,15-,24+/m1/s1. The molecule has 5 rings (SSSR count). The van der Waals surface area contributed by atoms with Crippen LogP contribution in [0, 0.1) is 23.1 Å². The van der Waals surface area contributed by atoms with Crippen molar-refractivity contribution in [3.8, 4) is 23.1 Å². The number of nitriles is 1. The average Bonchev–Trinajstić information content (AvgIpc) is 3.28. The monoisotopic (exact) mass is 589 g/mol. The molecule has 4 aromatic rings. The number of anilines is 1. The van der Waals surface area contributed by atoms with Crippen LogP contribution in [-0.2, 0) is 9.84 Å². The van der Waals surface area contributed by atoms with Gasteiger partial charge in [-0.25, -0.2) is 17.8 Å². The number of hydrogen-bond acceptors (Lipinski definition) is 9. The van der Waals surface area contributed by atoms with Crippen molar-refractivity contribution >= 4 is 49.8 Å². The highest BCUT2D eigenvalue weighted by molar-refractivity contribution is 7.90. The summed E-state index contributed by atoms with van der Waals surface area (Å²) in [6.07, 6.45) is 4.32. The van der Waals surface area contributed by atoms with Crippen LogP contribution in [-0.4, -0.2) is 53.2 Å². The number of aromatic nitrogens is 4. The molecule has 0 spiro atoms. The first-order chi connectivity index (χ1) is 18.5. The molecular formula is C25H22Cl2FN7O3S. The van der Waals surface area contributed by atoms with Gasteiger partial charge in [-0.2, -0.15) is 10.4 Å². The predicted octanol–water partition coefficient (Wildman–Crippen LogP) is 4.24. The zero-order chi connectivity index (χ0) is 28.1. The first-order valence-electron chi connectivity index (χ1n) is 11.7. The third kappa shape index (κ3) is 5.23.